The first-order valence-corrected chi connectivity index (χ1v) is 19.8. The summed E-state index contributed by atoms with van der Waals surface area (Å²) in [6, 6.07) is 65.2. The van der Waals surface area contributed by atoms with Crippen molar-refractivity contribution in [3.63, 3.8) is 0 Å². The molecule has 11 aromatic rings. The number of benzene rings is 9. The van der Waals surface area contributed by atoms with Crippen molar-refractivity contribution in [1.29, 1.82) is 0 Å². The van der Waals surface area contributed by atoms with Gasteiger partial charge < -0.3 is 14.2 Å². The number of fused-ring (bicyclic) bond motifs is 8. The Hall–Kier alpha value is -7.10. The maximum Gasteiger partial charge on any atom is 0.0620 e. The zero-order valence-electron chi connectivity index (χ0n) is 32.6. The van der Waals surface area contributed by atoms with Gasteiger partial charge in [-0.1, -0.05) is 78.9 Å². The van der Waals surface area contributed by atoms with E-state index < -0.39 is 0 Å². The predicted octanol–water partition coefficient (Wildman–Crippen LogP) is 15.3. The van der Waals surface area contributed by atoms with E-state index in [9.17, 15) is 0 Å². The van der Waals surface area contributed by atoms with Crippen LogP contribution in [0.4, 0.5) is 34.1 Å². The summed E-state index contributed by atoms with van der Waals surface area (Å²) in [7, 11) is 0. The minimum atomic E-state index is 1.14. The second-order valence-electron chi connectivity index (χ2n) is 15.7. The fourth-order valence-electron chi connectivity index (χ4n) is 8.99. The Morgan fingerprint density at radius 3 is 1.16 bits per heavy atom. The summed E-state index contributed by atoms with van der Waals surface area (Å²) < 4.78 is 2.52. The molecular formula is C54H41N3. The molecule has 3 heteroatoms. The number of hydrogen-bond donors (Lipinski definition) is 0. The van der Waals surface area contributed by atoms with Crippen LogP contribution in [0.2, 0.25) is 0 Å². The molecule has 0 fully saturated rings. The van der Waals surface area contributed by atoms with Gasteiger partial charge in [0.05, 0.1) is 16.6 Å². The zero-order valence-corrected chi connectivity index (χ0v) is 32.6. The summed E-state index contributed by atoms with van der Waals surface area (Å²) in [6.45, 7) is 8.74. The SMILES string of the molecule is Cc1ccc(N(c2ccccc2)c2ccc3cc4c5cccc6c7cc8ccc(N(c9ccccc9)c9ccc(C)c(C)c9)cc8cc7n(c4cc3c2)c56)cc1C. The molecule has 3 nitrogen and oxygen atoms in total. The highest BCUT2D eigenvalue weighted by molar-refractivity contribution is 6.26. The van der Waals surface area contributed by atoms with Gasteiger partial charge in [0, 0.05) is 55.7 Å². The topological polar surface area (TPSA) is 10.9 Å². The van der Waals surface area contributed by atoms with E-state index in [0.29, 0.717) is 0 Å². The normalized spacial score (nSPS) is 11.9. The smallest absolute Gasteiger partial charge is 0.0620 e. The van der Waals surface area contributed by atoms with Crippen LogP contribution in [0.15, 0.2) is 176 Å². The number of aryl methyl sites for hydroxylation is 4. The Balaban J connectivity index is 1.12. The molecule has 0 N–H and O–H groups in total. The molecule has 0 atom stereocenters. The highest BCUT2D eigenvalue weighted by Crippen LogP contribution is 2.44. The fourth-order valence-corrected chi connectivity index (χ4v) is 8.99. The fraction of sp³-hybridized carbons (Fsp3) is 0.0741. The van der Waals surface area contributed by atoms with Gasteiger partial charge in [0.2, 0.25) is 0 Å². The number of rotatable bonds is 6. The Labute approximate surface area is 332 Å². The molecule has 11 rings (SSSR count). The van der Waals surface area contributed by atoms with Crippen LogP contribution < -0.4 is 9.80 Å². The van der Waals surface area contributed by atoms with E-state index in [4.69, 9.17) is 0 Å². The maximum atomic E-state index is 2.52. The number of aromatic nitrogens is 1. The molecule has 9 aromatic carbocycles. The minimum absolute atomic E-state index is 1.14. The lowest BCUT2D eigenvalue weighted by atomic mass is 10.0. The number of nitrogens with zero attached hydrogens (tertiary/aromatic N) is 3. The van der Waals surface area contributed by atoms with Gasteiger partial charge in [0.15, 0.2) is 0 Å². The maximum absolute atomic E-state index is 2.52. The standard InChI is InChI=1S/C54H41N3/c1-34-18-22-44(26-36(34)3)55(42-12-7-5-8-13-42)46-24-20-38-30-50-48-16-11-17-49-51-31-39-21-25-47(29-41(39)33-53(51)57(54(48)49)52(50)32-40(38)28-46)56(43-14-9-6-10-15-43)45-23-19-35(2)37(4)27-45/h5-33H,1-4H3. The summed E-state index contributed by atoms with van der Waals surface area (Å²) in [5.74, 6) is 0. The van der Waals surface area contributed by atoms with Crippen molar-refractivity contribution in [3.8, 4) is 0 Å². The summed E-state index contributed by atoms with van der Waals surface area (Å²) >= 11 is 0. The quantitative estimate of drug-likeness (QED) is 0.169. The number of para-hydroxylation sites is 3. The van der Waals surface area contributed by atoms with Crippen LogP contribution in [0.25, 0.3) is 59.6 Å². The van der Waals surface area contributed by atoms with Crippen molar-refractivity contribution < 1.29 is 0 Å². The molecule has 0 bridgehead atoms. The van der Waals surface area contributed by atoms with Gasteiger partial charge in [-0.15, -0.1) is 0 Å². The Kier molecular flexibility index (Phi) is 7.42. The van der Waals surface area contributed by atoms with Crippen LogP contribution in [0.3, 0.4) is 0 Å². The average Bonchev–Trinajstić information content (AvgIpc) is 3.74. The summed E-state index contributed by atoms with van der Waals surface area (Å²) in [6.07, 6.45) is 0. The van der Waals surface area contributed by atoms with Gasteiger partial charge in [0.25, 0.3) is 0 Å². The lowest BCUT2D eigenvalue weighted by molar-refractivity contribution is 1.25. The molecule has 0 unspecified atom stereocenters. The van der Waals surface area contributed by atoms with Crippen LogP contribution in [0, 0.1) is 27.7 Å². The summed E-state index contributed by atoms with van der Waals surface area (Å²) in [5.41, 5.74) is 15.8. The third kappa shape index (κ3) is 5.27. The molecule has 272 valence electrons. The van der Waals surface area contributed by atoms with E-state index in [0.717, 1.165) is 34.1 Å². The third-order valence-electron chi connectivity index (χ3n) is 12.2. The average molecular weight is 732 g/mol. The molecule has 0 spiro atoms. The molecule has 2 aromatic heterocycles. The second-order valence-corrected chi connectivity index (χ2v) is 15.7. The van der Waals surface area contributed by atoms with Crippen molar-refractivity contribution in [1.82, 2.24) is 4.40 Å². The highest BCUT2D eigenvalue weighted by Gasteiger charge is 2.21. The van der Waals surface area contributed by atoms with E-state index >= 15 is 0 Å². The summed E-state index contributed by atoms with van der Waals surface area (Å²) in [5, 5.41) is 10.1. The monoisotopic (exact) mass is 731 g/mol. The van der Waals surface area contributed by atoms with Crippen LogP contribution in [0.5, 0.6) is 0 Å². The van der Waals surface area contributed by atoms with Gasteiger partial charge in [0.1, 0.15) is 0 Å². The van der Waals surface area contributed by atoms with E-state index in [-0.39, 0.29) is 0 Å². The van der Waals surface area contributed by atoms with Crippen LogP contribution in [-0.4, -0.2) is 4.40 Å². The first-order chi connectivity index (χ1) is 27.9. The van der Waals surface area contributed by atoms with Crippen LogP contribution in [-0.2, 0) is 0 Å². The number of hydrogen-bond acceptors (Lipinski definition) is 2. The van der Waals surface area contributed by atoms with Crippen LogP contribution >= 0.6 is 0 Å². The minimum Gasteiger partial charge on any atom is -0.310 e. The van der Waals surface area contributed by atoms with Crippen LogP contribution in [0.1, 0.15) is 22.3 Å². The summed E-state index contributed by atoms with van der Waals surface area (Å²) in [4.78, 5) is 4.75. The molecule has 0 aliphatic heterocycles. The first-order valence-electron chi connectivity index (χ1n) is 19.8. The molecule has 0 radical (unpaired) electrons. The molecule has 0 saturated carbocycles. The van der Waals surface area contributed by atoms with Gasteiger partial charge in [-0.2, -0.15) is 0 Å². The van der Waals surface area contributed by atoms with Gasteiger partial charge in [-0.05, 0) is 169 Å². The zero-order chi connectivity index (χ0) is 38.4. The Bertz CT molecular complexity index is 3120. The van der Waals surface area contributed by atoms with E-state index in [1.54, 1.807) is 0 Å². The van der Waals surface area contributed by atoms with Crippen molar-refractivity contribution in [2.75, 3.05) is 9.80 Å². The number of anilines is 6. The predicted molar refractivity (Wildman–Crippen MR) is 244 cm³/mol. The van der Waals surface area contributed by atoms with Gasteiger partial charge in [-0.3, -0.25) is 0 Å². The molecule has 0 aliphatic carbocycles. The largest absolute Gasteiger partial charge is 0.310 e. The van der Waals surface area contributed by atoms with Crippen molar-refractivity contribution >= 4 is 93.8 Å². The lowest BCUT2D eigenvalue weighted by Gasteiger charge is -2.26. The molecular weight excluding hydrogens is 691 g/mol. The Morgan fingerprint density at radius 2 is 0.719 bits per heavy atom. The van der Waals surface area contributed by atoms with Crippen molar-refractivity contribution in [2.24, 2.45) is 0 Å². The van der Waals surface area contributed by atoms with Gasteiger partial charge >= 0.3 is 0 Å². The highest BCUT2D eigenvalue weighted by atomic mass is 15.1. The molecule has 2 heterocycles. The third-order valence-corrected chi connectivity index (χ3v) is 12.2. The molecule has 0 saturated heterocycles. The lowest BCUT2D eigenvalue weighted by Crippen LogP contribution is -2.10. The molecule has 0 amide bonds. The molecule has 57 heavy (non-hydrogen) atoms. The molecule has 0 aliphatic rings. The van der Waals surface area contributed by atoms with Crippen molar-refractivity contribution in [2.45, 2.75) is 27.7 Å². The second kappa shape index (κ2) is 12.7. The first kappa shape index (κ1) is 33.3. The van der Waals surface area contributed by atoms with E-state index in [2.05, 4.69) is 218 Å². The van der Waals surface area contributed by atoms with E-state index in [1.807, 2.05) is 0 Å². The van der Waals surface area contributed by atoms with E-state index in [1.165, 1.54) is 81.9 Å². The Morgan fingerprint density at radius 1 is 0.298 bits per heavy atom. The van der Waals surface area contributed by atoms with Crippen molar-refractivity contribution in [3.05, 3.63) is 198 Å². The van der Waals surface area contributed by atoms with Gasteiger partial charge in [-0.25, -0.2) is 0 Å².